The zero-order valence-corrected chi connectivity index (χ0v) is 18.1. The maximum Gasteiger partial charge on any atom is 0.407 e. The van der Waals surface area contributed by atoms with E-state index in [1.807, 2.05) is 0 Å². The number of carboxylic acid groups (broad SMARTS) is 1. The topological polar surface area (TPSA) is 116 Å². The van der Waals surface area contributed by atoms with Crippen molar-refractivity contribution in [3.05, 3.63) is 48.6 Å². The van der Waals surface area contributed by atoms with Crippen LogP contribution in [0.25, 0.3) is 0 Å². The van der Waals surface area contributed by atoms with E-state index in [0.717, 1.165) is 9.80 Å². The molecule has 1 heterocycles. The molecule has 0 aliphatic carbocycles. The fraction of sp³-hybridized carbons (Fsp3) is 0.455. The number of benzene rings is 1. The Bertz CT molecular complexity index is 849. The normalized spacial score (nSPS) is 19.4. The Morgan fingerprint density at radius 1 is 1.23 bits per heavy atom. The minimum absolute atomic E-state index is 0.0367. The molecular formula is C22H29N3O6. The molecule has 1 aliphatic heterocycles. The maximum atomic E-state index is 13.6. The Kier molecular flexibility index (Phi) is 7.43. The Morgan fingerprint density at radius 3 is 2.42 bits per heavy atom. The molecule has 9 heteroatoms. The first-order valence-electron chi connectivity index (χ1n) is 9.96. The van der Waals surface area contributed by atoms with Crippen molar-refractivity contribution in [1.82, 2.24) is 15.1 Å². The minimum Gasteiger partial charge on any atom is -0.465 e. The van der Waals surface area contributed by atoms with Crippen LogP contribution in [-0.2, 0) is 9.53 Å². The lowest BCUT2D eigenvalue weighted by atomic mass is 9.82. The van der Waals surface area contributed by atoms with E-state index >= 15 is 0 Å². The fourth-order valence-corrected chi connectivity index (χ4v) is 3.40. The number of nitrogens with zero attached hydrogens (tertiary/aromatic N) is 2. The molecule has 2 N–H and O–H groups in total. The Hall–Kier alpha value is -3.36. The third kappa shape index (κ3) is 6.07. The van der Waals surface area contributed by atoms with Gasteiger partial charge in [-0.05, 0) is 39.3 Å². The molecule has 168 valence electrons. The number of nitrogens with one attached hydrogen (secondary N) is 1. The predicted molar refractivity (Wildman–Crippen MR) is 114 cm³/mol. The van der Waals surface area contributed by atoms with Crippen molar-refractivity contribution in [2.24, 2.45) is 5.41 Å². The molecule has 0 spiro atoms. The van der Waals surface area contributed by atoms with E-state index in [1.54, 1.807) is 51.1 Å². The highest BCUT2D eigenvalue weighted by atomic mass is 16.6. The summed E-state index contributed by atoms with van der Waals surface area (Å²) in [5, 5.41) is 12.2. The Morgan fingerprint density at radius 2 is 1.87 bits per heavy atom. The van der Waals surface area contributed by atoms with E-state index in [2.05, 4.69) is 11.9 Å². The molecule has 0 unspecified atom stereocenters. The Balaban J connectivity index is 2.39. The molecule has 9 nitrogen and oxygen atoms in total. The van der Waals surface area contributed by atoms with Gasteiger partial charge in [0.25, 0.3) is 5.91 Å². The molecule has 0 aromatic heterocycles. The van der Waals surface area contributed by atoms with Crippen LogP contribution >= 0.6 is 0 Å². The molecule has 1 fully saturated rings. The summed E-state index contributed by atoms with van der Waals surface area (Å²) >= 11 is 0. The van der Waals surface area contributed by atoms with Crippen LogP contribution in [0.4, 0.5) is 9.59 Å². The number of ether oxygens (including phenoxy) is 1. The first-order valence-corrected chi connectivity index (χ1v) is 9.96. The highest BCUT2D eigenvalue weighted by Crippen LogP contribution is 2.30. The second-order valence-electron chi connectivity index (χ2n) is 8.46. The summed E-state index contributed by atoms with van der Waals surface area (Å²) in [7, 11) is 0. The number of allylic oxidation sites excluding steroid dienone is 1. The van der Waals surface area contributed by atoms with Gasteiger partial charge in [0.1, 0.15) is 5.60 Å². The molecule has 1 aliphatic rings. The van der Waals surface area contributed by atoms with E-state index in [-0.39, 0.29) is 32.6 Å². The number of imide groups is 1. The quantitative estimate of drug-likeness (QED) is 0.547. The van der Waals surface area contributed by atoms with Gasteiger partial charge in [-0.15, -0.1) is 6.58 Å². The van der Waals surface area contributed by atoms with Gasteiger partial charge in [0, 0.05) is 31.7 Å². The second-order valence-corrected chi connectivity index (χ2v) is 8.46. The molecule has 0 saturated carbocycles. The summed E-state index contributed by atoms with van der Waals surface area (Å²) in [4.78, 5) is 52.7. The summed E-state index contributed by atoms with van der Waals surface area (Å²) < 4.78 is 5.24. The number of amides is 4. The summed E-state index contributed by atoms with van der Waals surface area (Å²) in [6.07, 6.45) is -0.418. The smallest absolute Gasteiger partial charge is 0.407 e. The van der Waals surface area contributed by atoms with Crippen LogP contribution in [0.5, 0.6) is 0 Å². The Labute approximate surface area is 181 Å². The number of carbonyl (C=O) groups is 4. The number of hydrogen-bond donors (Lipinski definition) is 2. The van der Waals surface area contributed by atoms with Crippen molar-refractivity contribution in [1.29, 1.82) is 0 Å². The minimum atomic E-state index is -1.40. The average molecular weight is 431 g/mol. The van der Waals surface area contributed by atoms with Gasteiger partial charge in [0.05, 0.1) is 5.41 Å². The van der Waals surface area contributed by atoms with Crippen LogP contribution in [0.15, 0.2) is 43.0 Å². The number of alkyl carbamates (subject to hydrolysis) is 1. The lowest BCUT2D eigenvalue weighted by Crippen LogP contribution is -2.54. The molecule has 4 amide bonds. The molecule has 0 bridgehead atoms. The van der Waals surface area contributed by atoms with E-state index < -0.39 is 35.0 Å². The molecule has 1 aromatic rings. The van der Waals surface area contributed by atoms with Gasteiger partial charge in [-0.3, -0.25) is 14.5 Å². The fourth-order valence-electron chi connectivity index (χ4n) is 3.40. The molecular weight excluding hydrogens is 402 g/mol. The second kappa shape index (κ2) is 9.63. The van der Waals surface area contributed by atoms with Gasteiger partial charge >= 0.3 is 12.2 Å². The average Bonchev–Trinajstić information content (AvgIpc) is 2.83. The molecule has 1 aromatic carbocycles. The van der Waals surface area contributed by atoms with Crippen molar-refractivity contribution in [3.63, 3.8) is 0 Å². The molecule has 1 atom stereocenters. The highest BCUT2D eigenvalue weighted by Gasteiger charge is 2.47. The van der Waals surface area contributed by atoms with Crippen LogP contribution in [-0.4, -0.2) is 70.7 Å². The standard InChI is InChI=1S/C22H29N3O6/c1-5-11-22(14-23-19(28)31-21(2,3)4)15-24(20(29)30)12-13-25(18(22)27)17(26)16-9-7-6-8-10-16/h5-10H,1,11-15H2,2-4H3,(H,23,28)(H,29,30)/t22-/m0/s1. The third-order valence-electron chi connectivity index (χ3n) is 4.83. The summed E-state index contributed by atoms with van der Waals surface area (Å²) in [5.74, 6) is -1.09. The summed E-state index contributed by atoms with van der Waals surface area (Å²) in [6.45, 7) is 8.26. The van der Waals surface area contributed by atoms with Gasteiger partial charge in [0.15, 0.2) is 0 Å². The summed E-state index contributed by atoms with van der Waals surface area (Å²) in [5.41, 5.74) is -1.84. The molecule has 1 saturated heterocycles. The first-order chi connectivity index (χ1) is 14.5. The number of hydrogen-bond acceptors (Lipinski definition) is 5. The monoisotopic (exact) mass is 431 g/mol. The van der Waals surface area contributed by atoms with Gasteiger partial charge in [0.2, 0.25) is 5.91 Å². The van der Waals surface area contributed by atoms with E-state index in [4.69, 9.17) is 4.74 Å². The third-order valence-corrected chi connectivity index (χ3v) is 4.83. The molecule has 31 heavy (non-hydrogen) atoms. The SMILES string of the molecule is C=CC[C@]1(CNC(=O)OC(C)(C)C)CN(C(=O)O)CCN(C(=O)c2ccccc2)C1=O. The van der Waals surface area contributed by atoms with Gasteiger partial charge < -0.3 is 20.1 Å². The van der Waals surface area contributed by atoms with Crippen molar-refractivity contribution in [3.8, 4) is 0 Å². The van der Waals surface area contributed by atoms with Crippen molar-refractivity contribution < 1.29 is 29.0 Å². The van der Waals surface area contributed by atoms with Crippen LogP contribution in [0.2, 0.25) is 0 Å². The molecule has 2 rings (SSSR count). The van der Waals surface area contributed by atoms with Crippen LogP contribution < -0.4 is 5.32 Å². The van der Waals surface area contributed by atoms with E-state index in [0.29, 0.717) is 5.56 Å². The van der Waals surface area contributed by atoms with Crippen LogP contribution in [0.3, 0.4) is 0 Å². The van der Waals surface area contributed by atoms with Gasteiger partial charge in [-0.25, -0.2) is 9.59 Å². The highest BCUT2D eigenvalue weighted by molar-refractivity contribution is 6.06. The van der Waals surface area contributed by atoms with E-state index in [9.17, 15) is 24.3 Å². The van der Waals surface area contributed by atoms with Crippen molar-refractivity contribution in [2.45, 2.75) is 32.8 Å². The molecule has 0 radical (unpaired) electrons. The van der Waals surface area contributed by atoms with Crippen molar-refractivity contribution in [2.75, 3.05) is 26.2 Å². The predicted octanol–water partition coefficient (Wildman–Crippen LogP) is 2.74. The maximum absolute atomic E-state index is 13.6. The van der Waals surface area contributed by atoms with Crippen molar-refractivity contribution >= 4 is 24.0 Å². The largest absolute Gasteiger partial charge is 0.465 e. The first kappa shape index (κ1) is 23.9. The lowest BCUT2D eigenvalue weighted by molar-refractivity contribution is -0.138. The number of carbonyl (C=O) groups excluding carboxylic acids is 3. The van der Waals surface area contributed by atoms with E-state index in [1.165, 1.54) is 6.08 Å². The van der Waals surface area contributed by atoms with Gasteiger partial charge in [-0.2, -0.15) is 0 Å². The lowest BCUT2D eigenvalue weighted by Gasteiger charge is -2.35. The van der Waals surface area contributed by atoms with Crippen LogP contribution in [0.1, 0.15) is 37.6 Å². The zero-order valence-electron chi connectivity index (χ0n) is 18.1. The zero-order chi connectivity index (χ0) is 23.2. The van der Waals surface area contributed by atoms with Gasteiger partial charge in [-0.1, -0.05) is 24.3 Å². The van der Waals surface area contributed by atoms with Crippen LogP contribution in [0, 0.1) is 5.41 Å². The summed E-state index contributed by atoms with van der Waals surface area (Å²) in [6, 6.07) is 8.29. The number of rotatable bonds is 5.